The number of aliphatic hydroxyl groups is 1. The lowest BCUT2D eigenvalue weighted by atomic mass is 9.71. The van der Waals surface area contributed by atoms with Crippen LogP contribution in [0.15, 0.2) is 60.7 Å². The highest BCUT2D eigenvalue weighted by Crippen LogP contribution is 2.43. The second-order valence-corrected chi connectivity index (χ2v) is 9.61. The average Bonchev–Trinajstić information content (AvgIpc) is 3.34. The Hall–Kier alpha value is -3.22. The molecule has 0 radical (unpaired) electrons. The molecule has 0 saturated carbocycles. The maximum atomic E-state index is 10.8. The Bertz CT molecular complexity index is 1130. The molecule has 3 aromatic carbocycles. The Kier molecular flexibility index (Phi) is 8.07. The summed E-state index contributed by atoms with van der Waals surface area (Å²) in [6, 6.07) is 19.8. The third-order valence-corrected chi connectivity index (χ3v) is 7.67. The van der Waals surface area contributed by atoms with E-state index in [4.69, 9.17) is 14.2 Å². The molecule has 6 heteroatoms. The van der Waals surface area contributed by atoms with Crippen LogP contribution in [0.5, 0.6) is 23.0 Å². The number of hydrogen-bond donors (Lipinski definition) is 2. The van der Waals surface area contributed by atoms with Crippen LogP contribution < -0.4 is 14.2 Å². The van der Waals surface area contributed by atoms with Gasteiger partial charge in [-0.2, -0.15) is 0 Å². The van der Waals surface area contributed by atoms with E-state index in [1.54, 1.807) is 33.5 Å². The van der Waals surface area contributed by atoms with Crippen LogP contribution in [0.3, 0.4) is 0 Å². The quantitative estimate of drug-likeness (QED) is 0.409. The Morgan fingerprint density at radius 3 is 2.08 bits per heavy atom. The first-order chi connectivity index (χ1) is 17.4. The molecule has 0 spiro atoms. The molecular formula is C30H37NO5. The SMILES string of the molecule is COc1ccc(O)c(C(CO)(CCCN(C)C2Cc3cc(OC)c(OC)cc3C2)c2ccccc2)c1. The number of phenolic OH excluding ortho intramolecular Hbond substituents is 1. The maximum Gasteiger partial charge on any atom is 0.161 e. The summed E-state index contributed by atoms with van der Waals surface area (Å²) < 4.78 is 16.4. The van der Waals surface area contributed by atoms with E-state index in [0.717, 1.165) is 42.9 Å². The van der Waals surface area contributed by atoms with Crippen LogP contribution in [0, 0.1) is 0 Å². The van der Waals surface area contributed by atoms with E-state index >= 15 is 0 Å². The van der Waals surface area contributed by atoms with Gasteiger partial charge in [-0.3, -0.25) is 0 Å². The van der Waals surface area contributed by atoms with Gasteiger partial charge in [0, 0.05) is 17.0 Å². The highest BCUT2D eigenvalue weighted by Gasteiger charge is 2.36. The number of aliphatic hydroxyl groups excluding tert-OH is 1. The lowest BCUT2D eigenvalue weighted by molar-refractivity contribution is 0.190. The zero-order valence-electron chi connectivity index (χ0n) is 21.7. The van der Waals surface area contributed by atoms with Crippen molar-refractivity contribution in [1.29, 1.82) is 0 Å². The minimum absolute atomic E-state index is 0.115. The summed E-state index contributed by atoms with van der Waals surface area (Å²) in [5.41, 5.74) is 3.54. The fourth-order valence-corrected chi connectivity index (χ4v) is 5.52. The van der Waals surface area contributed by atoms with Gasteiger partial charge in [0.2, 0.25) is 0 Å². The van der Waals surface area contributed by atoms with E-state index in [2.05, 4.69) is 24.1 Å². The number of benzene rings is 3. The molecule has 4 rings (SSSR count). The molecule has 1 unspecified atom stereocenters. The van der Waals surface area contributed by atoms with Gasteiger partial charge in [0.05, 0.1) is 27.9 Å². The van der Waals surface area contributed by atoms with Gasteiger partial charge in [0.15, 0.2) is 11.5 Å². The molecular weight excluding hydrogens is 454 g/mol. The van der Waals surface area contributed by atoms with E-state index in [1.807, 2.05) is 36.4 Å². The normalized spacial score (nSPS) is 14.9. The van der Waals surface area contributed by atoms with Crippen molar-refractivity contribution in [2.24, 2.45) is 0 Å². The molecule has 0 fully saturated rings. The van der Waals surface area contributed by atoms with Crippen LogP contribution >= 0.6 is 0 Å². The molecule has 6 nitrogen and oxygen atoms in total. The van der Waals surface area contributed by atoms with E-state index in [1.165, 1.54) is 11.1 Å². The van der Waals surface area contributed by atoms with Gasteiger partial charge in [-0.25, -0.2) is 0 Å². The molecule has 1 aliphatic carbocycles. The van der Waals surface area contributed by atoms with Crippen molar-refractivity contribution in [2.75, 3.05) is 41.5 Å². The number of methoxy groups -OCH3 is 3. The van der Waals surface area contributed by atoms with Crippen LogP contribution in [-0.4, -0.2) is 62.7 Å². The number of phenols is 1. The van der Waals surface area contributed by atoms with E-state index in [0.29, 0.717) is 23.8 Å². The van der Waals surface area contributed by atoms with Crippen LogP contribution in [0.1, 0.15) is 35.1 Å². The van der Waals surface area contributed by atoms with E-state index in [-0.39, 0.29) is 12.4 Å². The molecule has 1 atom stereocenters. The third kappa shape index (κ3) is 5.01. The lowest BCUT2D eigenvalue weighted by Crippen LogP contribution is -2.36. The van der Waals surface area contributed by atoms with E-state index in [9.17, 15) is 10.2 Å². The Morgan fingerprint density at radius 2 is 1.53 bits per heavy atom. The third-order valence-electron chi connectivity index (χ3n) is 7.67. The van der Waals surface area contributed by atoms with Gasteiger partial charge in [-0.05, 0) is 86.3 Å². The summed E-state index contributed by atoms with van der Waals surface area (Å²) >= 11 is 0. The molecule has 1 aliphatic rings. The summed E-state index contributed by atoms with van der Waals surface area (Å²) in [5, 5.41) is 21.6. The molecule has 0 aromatic heterocycles. The smallest absolute Gasteiger partial charge is 0.161 e. The fourth-order valence-electron chi connectivity index (χ4n) is 5.52. The van der Waals surface area contributed by atoms with Gasteiger partial charge in [0.25, 0.3) is 0 Å². The van der Waals surface area contributed by atoms with Crippen molar-refractivity contribution in [2.45, 2.75) is 37.1 Å². The second kappa shape index (κ2) is 11.2. The van der Waals surface area contributed by atoms with Crippen molar-refractivity contribution in [1.82, 2.24) is 4.90 Å². The number of ether oxygens (including phenoxy) is 3. The first-order valence-electron chi connectivity index (χ1n) is 12.4. The highest BCUT2D eigenvalue weighted by molar-refractivity contribution is 5.51. The van der Waals surface area contributed by atoms with Crippen LogP contribution in [0.4, 0.5) is 0 Å². The molecule has 0 saturated heterocycles. The number of aromatic hydroxyl groups is 1. The summed E-state index contributed by atoms with van der Waals surface area (Å²) in [7, 11) is 7.11. The maximum absolute atomic E-state index is 10.8. The first kappa shape index (κ1) is 25.9. The first-order valence-corrected chi connectivity index (χ1v) is 12.4. The van der Waals surface area contributed by atoms with Crippen molar-refractivity contribution in [3.63, 3.8) is 0 Å². The second-order valence-electron chi connectivity index (χ2n) is 9.61. The minimum Gasteiger partial charge on any atom is -0.508 e. The van der Waals surface area contributed by atoms with Crippen LogP contribution in [0.25, 0.3) is 0 Å². The topological polar surface area (TPSA) is 71.4 Å². The monoisotopic (exact) mass is 491 g/mol. The number of likely N-dealkylation sites (N-methyl/N-ethyl adjacent to an activating group) is 1. The summed E-state index contributed by atoms with van der Waals surface area (Å²) in [4.78, 5) is 2.40. The Labute approximate surface area is 214 Å². The van der Waals surface area contributed by atoms with Crippen molar-refractivity contribution < 1.29 is 24.4 Å². The number of nitrogens with zero attached hydrogens (tertiary/aromatic N) is 1. The van der Waals surface area contributed by atoms with Gasteiger partial charge < -0.3 is 29.3 Å². The van der Waals surface area contributed by atoms with Crippen molar-refractivity contribution >= 4 is 0 Å². The van der Waals surface area contributed by atoms with Gasteiger partial charge in [-0.1, -0.05) is 30.3 Å². The van der Waals surface area contributed by atoms with Gasteiger partial charge in [-0.15, -0.1) is 0 Å². The summed E-state index contributed by atoms with van der Waals surface area (Å²) in [6.07, 6.45) is 3.46. The predicted octanol–water partition coefficient (Wildman–Crippen LogP) is 4.58. The standard InChI is InChI=1S/C30H37NO5/c1-31(24-15-21-17-28(35-3)29(36-4)18-22(21)16-24)14-8-13-30(20-32,23-9-6-5-7-10-23)26-19-25(34-2)11-12-27(26)33/h5-7,9-12,17-19,24,32-33H,8,13-16,20H2,1-4H3. The fraction of sp³-hybridized carbons (Fsp3) is 0.400. The molecule has 0 bridgehead atoms. The molecule has 3 aromatic rings. The zero-order valence-corrected chi connectivity index (χ0v) is 21.7. The summed E-state index contributed by atoms with van der Waals surface area (Å²) in [6.45, 7) is 0.752. The van der Waals surface area contributed by atoms with Gasteiger partial charge in [0.1, 0.15) is 11.5 Å². The molecule has 36 heavy (non-hydrogen) atoms. The number of fused-ring (bicyclic) bond motifs is 1. The van der Waals surface area contributed by atoms with Crippen LogP contribution in [0.2, 0.25) is 0 Å². The molecule has 0 heterocycles. The predicted molar refractivity (Wildman–Crippen MR) is 142 cm³/mol. The summed E-state index contributed by atoms with van der Waals surface area (Å²) in [5.74, 6) is 2.36. The minimum atomic E-state index is -0.736. The molecule has 192 valence electrons. The lowest BCUT2D eigenvalue weighted by Gasteiger charge is -2.35. The van der Waals surface area contributed by atoms with Crippen molar-refractivity contribution in [3.05, 3.63) is 82.9 Å². The van der Waals surface area contributed by atoms with Crippen LogP contribution in [-0.2, 0) is 18.3 Å². The number of rotatable bonds is 11. The molecule has 0 aliphatic heterocycles. The van der Waals surface area contributed by atoms with Crippen molar-refractivity contribution in [3.8, 4) is 23.0 Å². The Balaban J connectivity index is 1.52. The largest absolute Gasteiger partial charge is 0.508 e. The zero-order chi connectivity index (χ0) is 25.7. The van der Waals surface area contributed by atoms with E-state index < -0.39 is 5.41 Å². The highest BCUT2D eigenvalue weighted by atomic mass is 16.5. The van der Waals surface area contributed by atoms with Gasteiger partial charge >= 0.3 is 0 Å². The molecule has 0 amide bonds. The average molecular weight is 492 g/mol. The Morgan fingerprint density at radius 1 is 0.889 bits per heavy atom. The molecule has 2 N–H and O–H groups in total. The number of hydrogen-bond acceptors (Lipinski definition) is 6.